The molecule has 1 fully saturated rings. The summed E-state index contributed by atoms with van der Waals surface area (Å²) in [5.41, 5.74) is 2.04. The zero-order valence-electron chi connectivity index (χ0n) is 16.0. The highest BCUT2D eigenvalue weighted by Gasteiger charge is 2.26. The van der Waals surface area contributed by atoms with Gasteiger partial charge in [0, 0.05) is 31.4 Å². The van der Waals surface area contributed by atoms with Crippen LogP contribution in [0.5, 0.6) is 0 Å². The number of carbonyl (C=O) groups excluding carboxylic acids is 2. The molecule has 0 unspecified atom stereocenters. The van der Waals surface area contributed by atoms with Gasteiger partial charge in [-0.15, -0.1) is 0 Å². The van der Waals surface area contributed by atoms with Crippen molar-refractivity contribution in [1.29, 1.82) is 0 Å². The fourth-order valence-electron chi connectivity index (χ4n) is 2.78. The van der Waals surface area contributed by atoms with Crippen LogP contribution in [0.1, 0.15) is 32.3 Å². The van der Waals surface area contributed by atoms with Gasteiger partial charge in [0.15, 0.2) is 0 Å². The molecule has 0 spiro atoms. The molecule has 1 atom stereocenters. The van der Waals surface area contributed by atoms with Crippen molar-refractivity contribution in [3.63, 3.8) is 0 Å². The van der Waals surface area contributed by atoms with E-state index in [2.05, 4.69) is 21.5 Å². The predicted octanol–water partition coefficient (Wildman–Crippen LogP) is 3.24. The molecule has 1 amide bonds. The van der Waals surface area contributed by atoms with Crippen LogP contribution in [0.4, 0.5) is 0 Å². The zero-order valence-corrected chi connectivity index (χ0v) is 16.0. The molecule has 1 aromatic carbocycles. The number of nitrogens with one attached hydrogen (secondary N) is 1. The van der Waals surface area contributed by atoms with Crippen LogP contribution < -0.4 is 5.32 Å². The Balaban J connectivity index is 0.00000163. The Hall–Kier alpha value is -2.56. The van der Waals surface area contributed by atoms with Crippen LogP contribution in [0, 0.1) is 5.92 Å². The molecule has 5 heteroatoms. The van der Waals surface area contributed by atoms with Gasteiger partial charge in [-0.2, -0.15) is 0 Å². The molecule has 0 aliphatic carbocycles. The van der Waals surface area contributed by atoms with Gasteiger partial charge in [0.2, 0.25) is 5.91 Å². The molecule has 0 bridgehead atoms. The number of esters is 1. The summed E-state index contributed by atoms with van der Waals surface area (Å²) in [7, 11) is 1.32. The summed E-state index contributed by atoms with van der Waals surface area (Å²) in [6.07, 6.45) is 4.73. The van der Waals surface area contributed by atoms with Gasteiger partial charge in [0.25, 0.3) is 0 Å². The standard InChI is InChI=1S/C19H24N2O3.C2H6/c1-15(16-8-4-3-5-9-16)21-13-7-10-17(14-21)19(23)20-12-6-11-18(22)24-2;1-2/h3-6,8-9,11,17H,1,7,10,12-14H2,2H3,(H,20,23);1-2H3/b11-6+;/t17-;/m0./s1. The summed E-state index contributed by atoms with van der Waals surface area (Å²) in [4.78, 5) is 25.4. The summed E-state index contributed by atoms with van der Waals surface area (Å²) >= 11 is 0. The number of carbonyl (C=O) groups is 2. The molecule has 1 aliphatic heterocycles. The first-order chi connectivity index (χ1) is 12.6. The Morgan fingerprint density at radius 3 is 2.65 bits per heavy atom. The number of benzene rings is 1. The second kappa shape index (κ2) is 11.9. The lowest BCUT2D eigenvalue weighted by Gasteiger charge is -2.35. The quantitative estimate of drug-likeness (QED) is 0.626. The van der Waals surface area contributed by atoms with Crippen LogP contribution in [-0.4, -0.2) is 43.5 Å². The van der Waals surface area contributed by atoms with Crippen LogP contribution in [-0.2, 0) is 14.3 Å². The van der Waals surface area contributed by atoms with E-state index in [1.165, 1.54) is 13.2 Å². The number of methoxy groups -OCH3 is 1. The molecule has 0 aromatic heterocycles. The maximum absolute atomic E-state index is 12.3. The third-order valence-electron chi connectivity index (χ3n) is 4.13. The lowest BCUT2D eigenvalue weighted by Crippen LogP contribution is -2.42. The highest BCUT2D eigenvalue weighted by molar-refractivity contribution is 5.82. The van der Waals surface area contributed by atoms with Gasteiger partial charge >= 0.3 is 5.97 Å². The summed E-state index contributed by atoms with van der Waals surface area (Å²) in [6.45, 7) is 10.1. The van der Waals surface area contributed by atoms with Crippen molar-refractivity contribution in [2.45, 2.75) is 26.7 Å². The molecule has 1 N–H and O–H groups in total. The van der Waals surface area contributed by atoms with E-state index in [1.807, 2.05) is 44.2 Å². The van der Waals surface area contributed by atoms with Crippen molar-refractivity contribution >= 4 is 17.6 Å². The zero-order chi connectivity index (χ0) is 19.4. The molecule has 142 valence electrons. The van der Waals surface area contributed by atoms with E-state index in [-0.39, 0.29) is 11.8 Å². The number of likely N-dealkylation sites (tertiary alicyclic amines) is 1. The molecule has 1 aliphatic rings. The van der Waals surface area contributed by atoms with Gasteiger partial charge in [0.05, 0.1) is 13.0 Å². The largest absolute Gasteiger partial charge is 0.466 e. The Bertz CT molecular complexity index is 611. The topological polar surface area (TPSA) is 58.6 Å². The first-order valence-electron chi connectivity index (χ1n) is 9.13. The minimum Gasteiger partial charge on any atom is -0.466 e. The van der Waals surface area contributed by atoms with Crippen molar-refractivity contribution in [3.8, 4) is 0 Å². The lowest BCUT2D eigenvalue weighted by atomic mass is 9.96. The molecule has 0 saturated carbocycles. The lowest BCUT2D eigenvalue weighted by molar-refractivity contribution is -0.135. The smallest absolute Gasteiger partial charge is 0.330 e. The average molecular weight is 358 g/mol. The minimum absolute atomic E-state index is 0.00933. The van der Waals surface area contributed by atoms with Gasteiger partial charge in [-0.05, 0) is 18.4 Å². The van der Waals surface area contributed by atoms with Crippen LogP contribution in [0.2, 0.25) is 0 Å². The highest BCUT2D eigenvalue weighted by Crippen LogP contribution is 2.24. The van der Waals surface area contributed by atoms with Gasteiger partial charge in [-0.25, -0.2) is 4.79 Å². The van der Waals surface area contributed by atoms with Crippen molar-refractivity contribution < 1.29 is 14.3 Å². The molecule has 1 aromatic rings. The average Bonchev–Trinajstić information content (AvgIpc) is 2.72. The molecule has 0 radical (unpaired) electrons. The highest BCUT2D eigenvalue weighted by atomic mass is 16.5. The van der Waals surface area contributed by atoms with E-state index in [9.17, 15) is 9.59 Å². The second-order valence-corrected chi connectivity index (χ2v) is 5.77. The maximum atomic E-state index is 12.3. The molecule has 2 rings (SSSR count). The summed E-state index contributed by atoms with van der Waals surface area (Å²) in [6, 6.07) is 10.0. The Morgan fingerprint density at radius 2 is 2.00 bits per heavy atom. The summed E-state index contributed by atoms with van der Waals surface area (Å²) in [5, 5.41) is 2.84. The molecule has 26 heavy (non-hydrogen) atoms. The number of rotatable bonds is 6. The van der Waals surface area contributed by atoms with E-state index in [0.29, 0.717) is 13.1 Å². The molecule has 1 saturated heterocycles. The van der Waals surface area contributed by atoms with Crippen LogP contribution >= 0.6 is 0 Å². The first kappa shape index (κ1) is 21.5. The van der Waals surface area contributed by atoms with Crippen LogP contribution in [0.3, 0.4) is 0 Å². The van der Waals surface area contributed by atoms with E-state index in [1.54, 1.807) is 6.08 Å². The fourth-order valence-corrected chi connectivity index (χ4v) is 2.78. The predicted molar refractivity (Wildman–Crippen MR) is 105 cm³/mol. The van der Waals surface area contributed by atoms with Crippen molar-refractivity contribution in [2.24, 2.45) is 5.92 Å². The second-order valence-electron chi connectivity index (χ2n) is 5.77. The SMILES string of the molecule is C=C(c1ccccc1)N1CCC[C@H](C(=O)NC/C=C/C(=O)OC)C1.CC. The van der Waals surface area contributed by atoms with Crippen molar-refractivity contribution in [3.05, 3.63) is 54.6 Å². The number of hydrogen-bond donors (Lipinski definition) is 1. The number of hydrogen-bond acceptors (Lipinski definition) is 4. The molecular weight excluding hydrogens is 328 g/mol. The Morgan fingerprint density at radius 1 is 1.31 bits per heavy atom. The molecule has 5 nitrogen and oxygen atoms in total. The van der Waals surface area contributed by atoms with Gasteiger partial charge < -0.3 is 15.0 Å². The number of amides is 1. The van der Waals surface area contributed by atoms with Gasteiger partial charge in [0.1, 0.15) is 0 Å². The number of nitrogens with zero attached hydrogens (tertiary/aromatic N) is 1. The van der Waals surface area contributed by atoms with Gasteiger partial charge in [-0.1, -0.05) is 56.8 Å². The summed E-state index contributed by atoms with van der Waals surface area (Å²) in [5.74, 6) is -0.479. The molecular formula is C21H30N2O3. The van der Waals surface area contributed by atoms with Gasteiger partial charge in [-0.3, -0.25) is 4.79 Å². The molecule has 1 heterocycles. The normalized spacial score (nSPS) is 16.4. The van der Waals surface area contributed by atoms with E-state index in [4.69, 9.17) is 0 Å². The number of ether oxygens (including phenoxy) is 1. The maximum Gasteiger partial charge on any atom is 0.330 e. The first-order valence-corrected chi connectivity index (χ1v) is 9.13. The fraction of sp³-hybridized carbons (Fsp3) is 0.429. The summed E-state index contributed by atoms with van der Waals surface area (Å²) < 4.78 is 4.50. The van der Waals surface area contributed by atoms with Crippen LogP contribution in [0.15, 0.2) is 49.1 Å². The van der Waals surface area contributed by atoms with E-state index < -0.39 is 5.97 Å². The minimum atomic E-state index is -0.424. The van der Waals surface area contributed by atoms with Crippen molar-refractivity contribution in [1.82, 2.24) is 10.2 Å². The number of piperidine rings is 1. The van der Waals surface area contributed by atoms with Crippen molar-refractivity contribution in [2.75, 3.05) is 26.7 Å². The monoisotopic (exact) mass is 358 g/mol. The Kier molecular flexibility index (Phi) is 9.83. The van der Waals surface area contributed by atoms with E-state index in [0.717, 1.165) is 30.6 Å². The third kappa shape index (κ3) is 6.75. The third-order valence-corrected chi connectivity index (χ3v) is 4.13. The Labute approximate surface area is 156 Å². The van der Waals surface area contributed by atoms with E-state index >= 15 is 0 Å². The van der Waals surface area contributed by atoms with Crippen LogP contribution in [0.25, 0.3) is 5.70 Å².